The van der Waals surface area contributed by atoms with Gasteiger partial charge in [0.1, 0.15) is 0 Å². The van der Waals surface area contributed by atoms with Crippen LogP contribution in [0.2, 0.25) is 0 Å². The number of hydrogen-bond acceptors (Lipinski definition) is 0. The largest absolute Gasteiger partial charge is 0.0839 e. The first-order chi connectivity index (χ1) is 10.5. The van der Waals surface area contributed by atoms with Crippen molar-refractivity contribution in [2.24, 2.45) is 40.4 Å². The molecule has 7 atom stereocenters. The van der Waals surface area contributed by atoms with Gasteiger partial charge < -0.3 is 0 Å². The molecule has 0 amide bonds. The van der Waals surface area contributed by atoms with E-state index in [1.807, 2.05) is 0 Å². The van der Waals surface area contributed by atoms with Gasteiger partial charge in [0.25, 0.3) is 0 Å². The number of fused-ring (bicyclic) bond motifs is 5. The highest BCUT2D eigenvalue weighted by Gasteiger charge is 2.59. The Labute approximate surface area is 137 Å². The summed E-state index contributed by atoms with van der Waals surface area (Å²) in [6, 6.07) is 0. The summed E-state index contributed by atoms with van der Waals surface area (Å²) in [7, 11) is 0. The summed E-state index contributed by atoms with van der Waals surface area (Å²) < 4.78 is 0. The molecule has 4 aliphatic rings. The molecule has 0 aromatic carbocycles. The minimum absolute atomic E-state index is 0.381. The number of allylic oxidation sites excluding steroid dienone is 4. The second-order valence-corrected chi connectivity index (χ2v) is 9.35. The Hall–Kier alpha value is -0.520. The third kappa shape index (κ3) is 1.82. The molecule has 0 radical (unpaired) electrons. The van der Waals surface area contributed by atoms with Gasteiger partial charge in [-0.2, -0.15) is 0 Å². The Morgan fingerprint density at radius 3 is 2.77 bits per heavy atom. The third-order valence-corrected chi connectivity index (χ3v) is 8.55. The molecule has 3 fully saturated rings. The van der Waals surface area contributed by atoms with Crippen molar-refractivity contribution in [1.29, 1.82) is 0 Å². The summed E-state index contributed by atoms with van der Waals surface area (Å²) in [5.74, 6) is 4.77. The van der Waals surface area contributed by atoms with Crippen molar-refractivity contribution in [3.05, 3.63) is 23.8 Å². The maximum Gasteiger partial charge on any atom is 0.00961 e. The predicted octanol–water partition coefficient (Wildman–Crippen LogP) is 6.39. The van der Waals surface area contributed by atoms with E-state index < -0.39 is 0 Å². The summed E-state index contributed by atoms with van der Waals surface area (Å²) in [6.07, 6.45) is 17.5. The smallest absolute Gasteiger partial charge is 0.00961 e. The van der Waals surface area contributed by atoms with Gasteiger partial charge in [-0.1, -0.05) is 57.9 Å². The first-order valence-corrected chi connectivity index (χ1v) is 9.88. The van der Waals surface area contributed by atoms with E-state index in [4.69, 9.17) is 0 Å². The Kier molecular flexibility index (Phi) is 3.41. The molecule has 0 heteroatoms. The zero-order valence-electron chi connectivity index (χ0n) is 15.1. The lowest BCUT2D eigenvalue weighted by atomic mass is 9.45. The highest BCUT2D eigenvalue weighted by Crippen LogP contribution is 2.67. The zero-order chi connectivity index (χ0) is 15.5. The minimum Gasteiger partial charge on any atom is -0.0839 e. The fourth-order valence-corrected chi connectivity index (χ4v) is 7.81. The van der Waals surface area contributed by atoms with Crippen molar-refractivity contribution in [1.82, 2.24) is 0 Å². The highest BCUT2D eigenvalue weighted by molar-refractivity contribution is 5.31. The molecule has 3 saturated carbocycles. The highest BCUT2D eigenvalue weighted by atomic mass is 14.6. The van der Waals surface area contributed by atoms with Crippen LogP contribution < -0.4 is 0 Å². The normalized spacial score (nSPS) is 53.5. The van der Waals surface area contributed by atoms with Gasteiger partial charge in [-0.3, -0.25) is 0 Å². The van der Waals surface area contributed by atoms with E-state index in [0.29, 0.717) is 10.8 Å². The van der Waals surface area contributed by atoms with Crippen molar-refractivity contribution < 1.29 is 0 Å². The lowest BCUT2D eigenvalue weighted by Gasteiger charge is -2.60. The van der Waals surface area contributed by atoms with Crippen LogP contribution in [0.5, 0.6) is 0 Å². The zero-order valence-corrected chi connectivity index (χ0v) is 15.1. The molecular formula is C22H34. The number of hydrogen-bond donors (Lipinski definition) is 0. The van der Waals surface area contributed by atoms with E-state index in [-0.39, 0.29) is 0 Å². The molecule has 7 unspecified atom stereocenters. The van der Waals surface area contributed by atoms with Crippen LogP contribution in [0.1, 0.15) is 72.6 Å². The van der Waals surface area contributed by atoms with Crippen molar-refractivity contribution in [3.63, 3.8) is 0 Å². The van der Waals surface area contributed by atoms with E-state index in [1.165, 1.54) is 44.9 Å². The van der Waals surface area contributed by atoms with Crippen molar-refractivity contribution in [2.45, 2.75) is 72.6 Å². The average Bonchev–Trinajstić information content (AvgIpc) is 2.82. The van der Waals surface area contributed by atoms with Crippen molar-refractivity contribution in [2.75, 3.05) is 0 Å². The van der Waals surface area contributed by atoms with Crippen molar-refractivity contribution in [3.8, 4) is 0 Å². The second kappa shape index (κ2) is 4.99. The molecule has 0 saturated heterocycles. The van der Waals surface area contributed by atoms with Gasteiger partial charge in [0.2, 0.25) is 0 Å². The van der Waals surface area contributed by atoms with Crippen LogP contribution in [0.25, 0.3) is 0 Å². The summed E-state index contributed by atoms with van der Waals surface area (Å²) in [6.45, 7) is 10.2. The molecule has 0 bridgehead atoms. The topological polar surface area (TPSA) is 0 Å². The van der Waals surface area contributed by atoms with Crippen LogP contribution in [0.4, 0.5) is 0 Å². The maximum atomic E-state index is 2.66. The van der Waals surface area contributed by atoms with E-state index >= 15 is 0 Å². The van der Waals surface area contributed by atoms with E-state index in [1.54, 1.807) is 5.57 Å². The van der Waals surface area contributed by atoms with Crippen LogP contribution in [-0.4, -0.2) is 0 Å². The maximum absolute atomic E-state index is 2.66. The molecule has 4 aliphatic carbocycles. The van der Waals surface area contributed by atoms with Gasteiger partial charge in [0, 0.05) is 5.41 Å². The molecule has 0 N–H and O–H groups in total. The Morgan fingerprint density at radius 1 is 1.18 bits per heavy atom. The van der Waals surface area contributed by atoms with Crippen LogP contribution in [0.3, 0.4) is 0 Å². The van der Waals surface area contributed by atoms with E-state index in [9.17, 15) is 0 Å². The summed E-state index contributed by atoms with van der Waals surface area (Å²) in [5, 5.41) is 0. The first-order valence-electron chi connectivity index (χ1n) is 9.88. The Bertz CT molecular complexity index is 512. The lowest BCUT2D eigenvalue weighted by Crippen LogP contribution is -2.52. The molecule has 0 nitrogen and oxygen atoms in total. The lowest BCUT2D eigenvalue weighted by molar-refractivity contribution is -0.0694. The predicted molar refractivity (Wildman–Crippen MR) is 94.6 cm³/mol. The third-order valence-electron chi connectivity index (χ3n) is 8.55. The molecule has 4 rings (SSSR count). The van der Waals surface area contributed by atoms with Crippen LogP contribution in [0, 0.1) is 40.4 Å². The van der Waals surface area contributed by atoms with Gasteiger partial charge in [0.05, 0.1) is 0 Å². The molecule has 0 spiro atoms. The van der Waals surface area contributed by atoms with Crippen LogP contribution in [-0.2, 0) is 0 Å². The molecule has 0 aliphatic heterocycles. The Balaban J connectivity index is 1.73. The fourth-order valence-electron chi connectivity index (χ4n) is 7.81. The monoisotopic (exact) mass is 298 g/mol. The van der Waals surface area contributed by atoms with Gasteiger partial charge >= 0.3 is 0 Å². The van der Waals surface area contributed by atoms with E-state index in [0.717, 1.165) is 29.6 Å². The van der Waals surface area contributed by atoms with E-state index in [2.05, 4.69) is 45.9 Å². The quantitative estimate of drug-likeness (QED) is 0.492. The summed E-state index contributed by atoms with van der Waals surface area (Å²) in [5.41, 5.74) is 2.80. The first kappa shape index (κ1) is 15.0. The average molecular weight is 299 g/mol. The Morgan fingerprint density at radius 2 is 2.00 bits per heavy atom. The standard InChI is InChI=1S/C22H34/c1-5-16-10-12-19-18-11-9-17-8-6-7-13-21(17,3)20(18)15(2)14-22(16,19)4/h7-8,13,15-16,18-20H,5-6,9-12,14H2,1-4H3. The van der Waals surface area contributed by atoms with Crippen molar-refractivity contribution >= 4 is 0 Å². The van der Waals surface area contributed by atoms with Crippen LogP contribution in [0.15, 0.2) is 23.8 Å². The van der Waals surface area contributed by atoms with Crippen LogP contribution >= 0.6 is 0 Å². The summed E-state index contributed by atoms with van der Waals surface area (Å²) >= 11 is 0. The van der Waals surface area contributed by atoms with Gasteiger partial charge in [-0.25, -0.2) is 0 Å². The SMILES string of the molecule is CCC1CCC2C3CCC4=CCC=CC4(C)C3C(C)CC12C. The van der Waals surface area contributed by atoms with Gasteiger partial charge in [-0.05, 0) is 73.5 Å². The fraction of sp³-hybridized carbons (Fsp3) is 0.818. The van der Waals surface area contributed by atoms with Gasteiger partial charge in [0.15, 0.2) is 0 Å². The second-order valence-electron chi connectivity index (χ2n) is 9.35. The van der Waals surface area contributed by atoms with Gasteiger partial charge in [-0.15, -0.1) is 0 Å². The molecule has 0 aromatic heterocycles. The molecule has 22 heavy (non-hydrogen) atoms. The molecule has 0 heterocycles. The molecule has 0 aromatic rings. The number of rotatable bonds is 1. The summed E-state index contributed by atoms with van der Waals surface area (Å²) in [4.78, 5) is 0. The minimum atomic E-state index is 0.381. The molecule has 122 valence electrons. The molecular weight excluding hydrogens is 264 g/mol.